The molecule has 0 aromatic carbocycles. The summed E-state index contributed by atoms with van der Waals surface area (Å²) in [5, 5.41) is 6.61. The number of rotatable bonds is 13. The minimum absolute atomic E-state index is 0. The van der Waals surface area contributed by atoms with Crippen LogP contribution in [0, 0.1) is 0 Å². The lowest BCUT2D eigenvalue weighted by molar-refractivity contribution is 0.0698. The van der Waals surface area contributed by atoms with Crippen molar-refractivity contribution in [3.63, 3.8) is 0 Å². The van der Waals surface area contributed by atoms with Crippen molar-refractivity contribution in [2.75, 3.05) is 67.2 Å². The van der Waals surface area contributed by atoms with Crippen molar-refractivity contribution in [3.8, 4) is 0 Å². The quantitative estimate of drug-likeness (QED) is 0.201. The highest BCUT2D eigenvalue weighted by Gasteiger charge is 1.99. The molecule has 0 heterocycles. The van der Waals surface area contributed by atoms with Crippen molar-refractivity contribution < 1.29 is 9.47 Å². The number of halogens is 1. The van der Waals surface area contributed by atoms with Crippen molar-refractivity contribution in [2.45, 2.75) is 26.2 Å². The van der Waals surface area contributed by atoms with Crippen molar-refractivity contribution in [2.24, 2.45) is 4.99 Å². The molecular weight excluding hydrogens is 395 g/mol. The van der Waals surface area contributed by atoms with Crippen molar-refractivity contribution in [1.82, 2.24) is 15.5 Å². The van der Waals surface area contributed by atoms with E-state index < -0.39 is 0 Å². The van der Waals surface area contributed by atoms with Crippen molar-refractivity contribution in [3.05, 3.63) is 0 Å². The molecule has 0 rings (SSSR count). The lowest BCUT2D eigenvalue weighted by atomic mass is 10.3. The summed E-state index contributed by atoms with van der Waals surface area (Å²) in [4.78, 5) is 6.55. The van der Waals surface area contributed by atoms with Crippen LogP contribution in [-0.4, -0.2) is 78.1 Å². The number of aliphatic imine (C=N–C) groups is 1. The van der Waals surface area contributed by atoms with E-state index in [1.54, 1.807) is 14.2 Å². The number of guanidine groups is 1. The Bertz CT molecular complexity index is 256. The molecule has 0 aromatic heterocycles. The third-order valence-corrected chi connectivity index (χ3v) is 3.09. The molecule has 0 fully saturated rings. The molecule has 7 heteroatoms. The minimum Gasteiger partial charge on any atom is -0.382 e. The molecule has 0 unspecified atom stereocenters. The predicted molar refractivity (Wildman–Crippen MR) is 104 cm³/mol. The highest BCUT2D eigenvalue weighted by molar-refractivity contribution is 14.0. The predicted octanol–water partition coefficient (Wildman–Crippen LogP) is 1.55. The van der Waals surface area contributed by atoms with Crippen LogP contribution in [0.5, 0.6) is 0 Å². The Morgan fingerprint density at radius 1 is 1.05 bits per heavy atom. The number of hydrogen-bond acceptors (Lipinski definition) is 4. The summed E-state index contributed by atoms with van der Waals surface area (Å²) >= 11 is 0. The van der Waals surface area contributed by atoms with Crippen LogP contribution in [0.25, 0.3) is 0 Å². The van der Waals surface area contributed by atoms with Crippen LogP contribution >= 0.6 is 24.0 Å². The summed E-state index contributed by atoms with van der Waals surface area (Å²) in [5.74, 6) is 0.857. The second kappa shape index (κ2) is 18.9. The summed E-state index contributed by atoms with van der Waals surface area (Å²) < 4.78 is 10.3. The van der Waals surface area contributed by atoms with Gasteiger partial charge in [0.1, 0.15) is 0 Å². The number of nitrogens with one attached hydrogen (secondary N) is 2. The van der Waals surface area contributed by atoms with Gasteiger partial charge in [0.15, 0.2) is 5.96 Å². The van der Waals surface area contributed by atoms with E-state index in [0.29, 0.717) is 13.2 Å². The monoisotopic (exact) mass is 430 g/mol. The van der Waals surface area contributed by atoms with E-state index in [1.165, 1.54) is 12.8 Å². The maximum atomic E-state index is 5.41. The second-order valence-electron chi connectivity index (χ2n) is 5.04. The van der Waals surface area contributed by atoms with Gasteiger partial charge in [0.05, 0.1) is 13.2 Å². The third-order valence-electron chi connectivity index (χ3n) is 3.09. The molecule has 0 saturated heterocycles. The number of unbranched alkanes of at least 4 members (excludes halogenated alkanes) is 1. The Morgan fingerprint density at radius 3 is 2.41 bits per heavy atom. The molecule has 134 valence electrons. The van der Waals surface area contributed by atoms with Gasteiger partial charge < -0.3 is 25.0 Å². The van der Waals surface area contributed by atoms with Crippen LogP contribution in [0.1, 0.15) is 26.2 Å². The van der Waals surface area contributed by atoms with E-state index in [-0.39, 0.29) is 24.0 Å². The Labute approximate surface area is 153 Å². The van der Waals surface area contributed by atoms with Gasteiger partial charge in [-0.15, -0.1) is 24.0 Å². The fourth-order valence-corrected chi connectivity index (χ4v) is 1.75. The van der Waals surface area contributed by atoms with E-state index >= 15 is 0 Å². The van der Waals surface area contributed by atoms with Gasteiger partial charge >= 0.3 is 0 Å². The molecule has 0 aliphatic carbocycles. The molecule has 0 saturated carbocycles. The Hall–Kier alpha value is -0.120. The highest BCUT2D eigenvalue weighted by atomic mass is 127. The maximum absolute atomic E-state index is 5.41. The topological polar surface area (TPSA) is 58.1 Å². The zero-order valence-electron chi connectivity index (χ0n) is 14.7. The summed E-state index contributed by atoms with van der Waals surface area (Å²) in [6.45, 7) is 8.23. The van der Waals surface area contributed by atoms with Gasteiger partial charge in [0, 0.05) is 40.4 Å². The standard InChI is InChI=1S/C15H34N4O2.HI/c1-5-6-10-19(3)11-9-18-15(16-2)17-8-7-12-21-14-13-20-4;/h5-14H2,1-4H3,(H2,16,17,18);1H. The number of likely N-dealkylation sites (N-methyl/N-ethyl adjacent to an activating group) is 1. The largest absolute Gasteiger partial charge is 0.382 e. The summed E-state index contributed by atoms with van der Waals surface area (Å²) in [5.41, 5.74) is 0. The van der Waals surface area contributed by atoms with Crippen LogP contribution in [-0.2, 0) is 9.47 Å². The SMILES string of the molecule is CCCCN(C)CCNC(=NC)NCCCOCCOC.I. The molecule has 2 N–H and O–H groups in total. The molecule has 0 atom stereocenters. The summed E-state index contributed by atoms with van der Waals surface area (Å²) in [6.07, 6.45) is 3.46. The van der Waals surface area contributed by atoms with Crippen molar-refractivity contribution >= 4 is 29.9 Å². The van der Waals surface area contributed by atoms with Crippen LogP contribution in [0.15, 0.2) is 4.99 Å². The highest BCUT2D eigenvalue weighted by Crippen LogP contribution is 1.90. The molecule has 0 spiro atoms. The number of nitrogens with zero attached hydrogens (tertiary/aromatic N) is 2. The Kier molecular flexibility index (Phi) is 20.8. The van der Waals surface area contributed by atoms with Crippen LogP contribution in [0.2, 0.25) is 0 Å². The molecule has 0 aliphatic rings. The van der Waals surface area contributed by atoms with Gasteiger partial charge in [-0.1, -0.05) is 13.3 Å². The van der Waals surface area contributed by atoms with E-state index in [4.69, 9.17) is 9.47 Å². The van der Waals surface area contributed by atoms with Gasteiger partial charge in [-0.05, 0) is 26.4 Å². The van der Waals surface area contributed by atoms with Gasteiger partial charge in [0.25, 0.3) is 0 Å². The van der Waals surface area contributed by atoms with Gasteiger partial charge in [-0.2, -0.15) is 0 Å². The number of methoxy groups -OCH3 is 1. The molecular formula is C15H35IN4O2. The molecule has 22 heavy (non-hydrogen) atoms. The van der Waals surface area contributed by atoms with Crippen molar-refractivity contribution in [1.29, 1.82) is 0 Å². The third kappa shape index (κ3) is 16.3. The van der Waals surface area contributed by atoms with Gasteiger partial charge in [-0.3, -0.25) is 4.99 Å². The first-order valence-corrected chi connectivity index (χ1v) is 7.94. The first-order valence-electron chi connectivity index (χ1n) is 7.94. The average Bonchev–Trinajstić information content (AvgIpc) is 2.50. The van der Waals surface area contributed by atoms with Crippen LogP contribution in [0.3, 0.4) is 0 Å². The first-order chi connectivity index (χ1) is 10.2. The zero-order valence-corrected chi connectivity index (χ0v) is 17.0. The average molecular weight is 430 g/mol. The molecule has 0 bridgehead atoms. The fourth-order valence-electron chi connectivity index (χ4n) is 1.75. The Balaban J connectivity index is 0. The molecule has 0 aromatic rings. The minimum atomic E-state index is 0. The van der Waals surface area contributed by atoms with E-state index in [0.717, 1.165) is 45.2 Å². The lowest BCUT2D eigenvalue weighted by Crippen LogP contribution is -2.41. The van der Waals surface area contributed by atoms with Crippen LogP contribution in [0.4, 0.5) is 0 Å². The Morgan fingerprint density at radius 2 is 1.77 bits per heavy atom. The second-order valence-corrected chi connectivity index (χ2v) is 5.04. The molecule has 6 nitrogen and oxygen atoms in total. The smallest absolute Gasteiger partial charge is 0.191 e. The van der Waals surface area contributed by atoms with Crippen LogP contribution < -0.4 is 10.6 Å². The zero-order chi connectivity index (χ0) is 15.8. The van der Waals surface area contributed by atoms with Gasteiger partial charge in [-0.25, -0.2) is 0 Å². The maximum Gasteiger partial charge on any atom is 0.191 e. The lowest BCUT2D eigenvalue weighted by Gasteiger charge is -2.18. The van der Waals surface area contributed by atoms with E-state index in [9.17, 15) is 0 Å². The first kappa shape index (κ1) is 24.1. The van der Waals surface area contributed by atoms with E-state index in [1.807, 2.05) is 0 Å². The molecule has 0 amide bonds. The summed E-state index contributed by atoms with van der Waals surface area (Å²) in [7, 11) is 5.64. The number of hydrogen-bond donors (Lipinski definition) is 2. The summed E-state index contributed by atoms with van der Waals surface area (Å²) in [6, 6.07) is 0. The molecule has 0 aliphatic heterocycles. The number of ether oxygens (including phenoxy) is 2. The fraction of sp³-hybridized carbons (Fsp3) is 0.933. The normalized spacial score (nSPS) is 11.4. The van der Waals surface area contributed by atoms with E-state index in [2.05, 4.69) is 34.5 Å². The van der Waals surface area contributed by atoms with Gasteiger partial charge in [0.2, 0.25) is 0 Å². The molecule has 0 radical (unpaired) electrons.